The van der Waals surface area contributed by atoms with Gasteiger partial charge in [-0.1, -0.05) is 11.6 Å². The van der Waals surface area contributed by atoms with E-state index in [2.05, 4.69) is 0 Å². The molecule has 2 unspecified atom stereocenters. The number of hydrogen-bond donors (Lipinski definition) is 2. The Morgan fingerprint density at radius 2 is 2.28 bits per heavy atom. The molecule has 18 heavy (non-hydrogen) atoms. The summed E-state index contributed by atoms with van der Waals surface area (Å²) >= 11 is 5.91. The molecule has 1 heterocycles. The van der Waals surface area contributed by atoms with Crippen molar-refractivity contribution in [2.24, 2.45) is 0 Å². The van der Waals surface area contributed by atoms with Crippen LogP contribution in [-0.4, -0.2) is 34.9 Å². The van der Waals surface area contributed by atoms with Gasteiger partial charge in [-0.15, -0.1) is 0 Å². The average molecular weight is 267 g/mol. The Hall–Kier alpha value is -1.77. The molecule has 2 atom stereocenters. The normalized spacial score (nSPS) is 22.8. The molecule has 1 saturated heterocycles. The number of carboxylic acids is 1. The second-order valence-corrected chi connectivity index (χ2v) is 4.58. The second kappa shape index (κ2) is 4.84. The maximum Gasteiger partial charge on any atom is 0.326 e. The highest BCUT2D eigenvalue weighted by Gasteiger charge is 2.36. The number of nitriles is 1. The molecule has 0 aromatic heterocycles. The molecule has 0 bridgehead atoms. The van der Waals surface area contributed by atoms with E-state index in [1.54, 1.807) is 23.1 Å². The van der Waals surface area contributed by atoms with Crippen molar-refractivity contribution in [3.05, 3.63) is 28.8 Å². The molecule has 0 amide bonds. The molecule has 0 saturated carbocycles. The van der Waals surface area contributed by atoms with Crippen LogP contribution in [0.25, 0.3) is 0 Å². The number of β-amino-alcohol motifs (C(OH)–C–C–N with tert-alkyl or cyclic N) is 1. The molecule has 6 heteroatoms. The zero-order chi connectivity index (χ0) is 13.3. The molecule has 5 nitrogen and oxygen atoms in total. The number of benzene rings is 1. The quantitative estimate of drug-likeness (QED) is 0.841. The first-order valence-electron chi connectivity index (χ1n) is 5.40. The summed E-state index contributed by atoms with van der Waals surface area (Å²) in [5.41, 5.74) is 0.940. The van der Waals surface area contributed by atoms with Crippen molar-refractivity contribution in [3.8, 4) is 6.07 Å². The predicted molar refractivity (Wildman–Crippen MR) is 65.6 cm³/mol. The van der Waals surface area contributed by atoms with Crippen LogP contribution >= 0.6 is 11.6 Å². The highest BCUT2D eigenvalue weighted by Crippen LogP contribution is 2.29. The van der Waals surface area contributed by atoms with E-state index in [9.17, 15) is 9.90 Å². The van der Waals surface area contributed by atoms with Gasteiger partial charge < -0.3 is 15.1 Å². The summed E-state index contributed by atoms with van der Waals surface area (Å²) < 4.78 is 0. The molecular weight excluding hydrogens is 256 g/mol. The van der Waals surface area contributed by atoms with Crippen molar-refractivity contribution in [2.45, 2.75) is 18.6 Å². The number of anilines is 1. The second-order valence-electron chi connectivity index (χ2n) is 4.17. The zero-order valence-electron chi connectivity index (χ0n) is 9.38. The summed E-state index contributed by atoms with van der Waals surface area (Å²) in [7, 11) is 0. The molecule has 0 aliphatic carbocycles. The predicted octanol–water partition coefficient (Wildman–Crippen LogP) is 1.24. The number of halogens is 1. The number of aliphatic carboxylic acids is 1. The Morgan fingerprint density at radius 1 is 1.56 bits per heavy atom. The van der Waals surface area contributed by atoms with Crippen LogP contribution in [0.4, 0.5) is 5.69 Å². The van der Waals surface area contributed by atoms with Crippen LogP contribution in [0.5, 0.6) is 0 Å². The molecular formula is C12H11ClN2O3. The van der Waals surface area contributed by atoms with Gasteiger partial charge in [0.05, 0.1) is 16.7 Å². The van der Waals surface area contributed by atoms with Crippen LogP contribution in [0.2, 0.25) is 5.02 Å². The number of hydrogen-bond acceptors (Lipinski definition) is 4. The van der Waals surface area contributed by atoms with Crippen molar-refractivity contribution in [3.63, 3.8) is 0 Å². The lowest BCUT2D eigenvalue weighted by molar-refractivity contribution is -0.138. The zero-order valence-corrected chi connectivity index (χ0v) is 10.1. The Morgan fingerprint density at radius 3 is 2.83 bits per heavy atom. The summed E-state index contributed by atoms with van der Waals surface area (Å²) in [5, 5.41) is 27.7. The largest absolute Gasteiger partial charge is 0.480 e. The van der Waals surface area contributed by atoms with Gasteiger partial charge in [0.1, 0.15) is 12.1 Å². The third kappa shape index (κ3) is 2.26. The van der Waals surface area contributed by atoms with Gasteiger partial charge in [0.2, 0.25) is 0 Å². The maximum atomic E-state index is 11.1. The van der Waals surface area contributed by atoms with E-state index in [4.69, 9.17) is 22.0 Å². The van der Waals surface area contributed by atoms with E-state index in [1.165, 1.54) is 0 Å². The summed E-state index contributed by atoms with van der Waals surface area (Å²) in [5.74, 6) is -0.980. The average Bonchev–Trinajstić information content (AvgIpc) is 2.71. The highest BCUT2D eigenvalue weighted by atomic mass is 35.5. The van der Waals surface area contributed by atoms with E-state index in [0.717, 1.165) is 0 Å². The minimum Gasteiger partial charge on any atom is -0.480 e. The van der Waals surface area contributed by atoms with Crippen molar-refractivity contribution in [1.82, 2.24) is 0 Å². The van der Waals surface area contributed by atoms with Crippen LogP contribution in [0.15, 0.2) is 18.2 Å². The molecule has 1 fully saturated rings. The molecule has 1 aromatic carbocycles. The lowest BCUT2D eigenvalue weighted by Crippen LogP contribution is -2.35. The maximum absolute atomic E-state index is 11.1. The number of aliphatic hydroxyl groups is 1. The first-order chi connectivity index (χ1) is 8.52. The van der Waals surface area contributed by atoms with E-state index in [1.807, 2.05) is 6.07 Å². The summed E-state index contributed by atoms with van der Waals surface area (Å²) in [4.78, 5) is 12.7. The van der Waals surface area contributed by atoms with Crippen LogP contribution < -0.4 is 4.90 Å². The van der Waals surface area contributed by atoms with Crippen molar-refractivity contribution in [2.75, 3.05) is 11.4 Å². The molecule has 1 aliphatic heterocycles. The first-order valence-corrected chi connectivity index (χ1v) is 5.78. The summed E-state index contributed by atoms with van der Waals surface area (Å²) in [6.45, 7) is 0.249. The van der Waals surface area contributed by atoms with Gasteiger partial charge in [0.25, 0.3) is 0 Å². The molecule has 0 spiro atoms. The molecule has 2 N–H and O–H groups in total. The monoisotopic (exact) mass is 266 g/mol. The van der Waals surface area contributed by atoms with Crippen LogP contribution in [-0.2, 0) is 4.79 Å². The molecule has 1 aliphatic rings. The highest BCUT2D eigenvalue weighted by molar-refractivity contribution is 6.32. The molecule has 94 valence electrons. The Balaban J connectivity index is 2.33. The fourth-order valence-corrected chi connectivity index (χ4v) is 2.32. The minimum atomic E-state index is -0.980. The van der Waals surface area contributed by atoms with Gasteiger partial charge in [-0.25, -0.2) is 4.79 Å². The van der Waals surface area contributed by atoms with E-state index in [0.29, 0.717) is 11.3 Å². The number of nitrogens with zero attached hydrogens (tertiary/aromatic N) is 2. The number of carboxylic acid groups (broad SMARTS) is 1. The van der Waals surface area contributed by atoms with Gasteiger partial charge in [-0.05, 0) is 18.2 Å². The Kier molecular flexibility index (Phi) is 3.41. The third-order valence-corrected chi connectivity index (χ3v) is 3.28. The van der Waals surface area contributed by atoms with Crippen molar-refractivity contribution < 1.29 is 15.0 Å². The SMILES string of the molecule is N#Cc1ccc(N2CC(O)CC2C(=O)O)cc1Cl. The summed E-state index contributed by atoms with van der Waals surface area (Å²) in [6, 6.07) is 5.91. The first kappa shape index (κ1) is 12.7. The third-order valence-electron chi connectivity index (χ3n) is 2.97. The van der Waals surface area contributed by atoms with Gasteiger partial charge in [-0.3, -0.25) is 0 Å². The van der Waals surface area contributed by atoms with Gasteiger partial charge in [-0.2, -0.15) is 5.26 Å². The lowest BCUT2D eigenvalue weighted by atomic mass is 10.1. The van der Waals surface area contributed by atoms with Gasteiger partial charge >= 0.3 is 5.97 Å². The smallest absolute Gasteiger partial charge is 0.326 e. The Labute approximate surface area is 109 Å². The fraction of sp³-hybridized carbons (Fsp3) is 0.333. The van der Waals surface area contributed by atoms with E-state index >= 15 is 0 Å². The number of aliphatic hydroxyl groups excluding tert-OH is 1. The topological polar surface area (TPSA) is 84.6 Å². The van der Waals surface area contributed by atoms with Crippen LogP contribution in [0.1, 0.15) is 12.0 Å². The van der Waals surface area contributed by atoms with Crippen LogP contribution in [0.3, 0.4) is 0 Å². The number of rotatable bonds is 2. The molecule has 1 aromatic rings. The van der Waals surface area contributed by atoms with Gasteiger partial charge in [0.15, 0.2) is 0 Å². The van der Waals surface area contributed by atoms with E-state index < -0.39 is 18.1 Å². The summed E-state index contributed by atoms with van der Waals surface area (Å²) in [6.07, 6.45) is -0.479. The van der Waals surface area contributed by atoms with Crippen molar-refractivity contribution in [1.29, 1.82) is 5.26 Å². The van der Waals surface area contributed by atoms with Gasteiger partial charge in [0, 0.05) is 18.7 Å². The molecule has 0 radical (unpaired) electrons. The van der Waals surface area contributed by atoms with Crippen LogP contribution in [0, 0.1) is 11.3 Å². The number of carbonyl (C=O) groups is 1. The van der Waals surface area contributed by atoms with Crippen molar-refractivity contribution >= 4 is 23.3 Å². The standard InChI is InChI=1S/C12H11ClN2O3/c13-10-3-8(2-1-7(10)5-14)15-6-9(16)4-11(15)12(17)18/h1-3,9,11,16H,4,6H2,(H,17,18). The Bertz CT molecular complexity index is 527. The molecule has 2 rings (SSSR count). The lowest BCUT2D eigenvalue weighted by Gasteiger charge is -2.23. The van der Waals surface area contributed by atoms with E-state index in [-0.39, 0.29) is 18.0 Å². The fourth-order valence-electron chi connectivity index (χ4n) is 2.11. The minimum absolute atomic E-state index is 0.187.